The van der Waals surface area contributed by atoms with Gasteiger partial charge in [0.05, 0.1) is 24.9 Å². The molecule has 0 unspecified atom stereocenters. The Balaban J connectivity index is 1.46. The average molecular weight is 425 g/mol. The molecule has 0 N–H and O–H groups in total. The molecule has 1 fully saturated rings. The first-order valence-corrected chi connectivity index (χ1v) is 11.0. The molecule has 2 aromatic heterocycles. The Morgan fingerprint density at radius 2 is 2.07 bits per heavy atom. The fourth-order valence-corrected chi connectivity index (χ4v) is 3.94. The van der Waals surface area contributed by atoms with Crippen molar-refractivity contribution in [2.24, 2.45) is 5.92 Å². The van der Waals surface area contributed by atoms with Gasteiger partial charge in [0, 0.05) is 30.2 Å². The number of aromatic nitrogens is 3. The minimum absolute atomic E-state index is 0.135. The highest BCUT2D eigenvalue weighted by molar-refractivity contribution is 7.13. The molecule has 1 aliphatic rings. The first-order valence-electron chi connectivity index (χ1n) is 10.1. The molecule has 0 aliphatic heterocycles. The summed E-state index contributed by atoms with van der Waals surface area (Å²) >= 11 is 1.42. The molecule has 7 nitrogen and oxygen atoms in total. The molecule has 0 bridgehead atoms. The van der Waals surface area contributed by atoms with Gasteiger partial charge < -0.3 is 9.64 Å². The van der Waals surface area contributed by atoms with Crippen molar-refractivity contribution in [2.75, 3.05) is 19.7 Å². The summed E-state index contributed by atoms with van der Waals surface area (Å²) in [5.74, 6) is 0.112. The fraction of sp³-hybridized carbons (Fsp3) is 0.364. The van der Waals surface area contributed by atoms with Crippen molar-refractivity contribution in [2.45, 2.75) is 26.2 Å². The number of carbonyl (C=O) groups excluding carboxylic acids is 2. The maximum absolute atomic E-state index is 13.0. The van der Waals surface area contributed by atoms with Gasteiger partial charge in [0.25, 0.3) is 5.91 Å². The van der Waals surface area contributed by atoms with Crippen molar-refractivity contribution in [1.29, 1.82) is 0 Å². The lowest BCUT2D eigenvalue weighted by Crippen LogP contribution is -2.35. The van der Waals surface area contributed by atoms with Crippen LogP contribution in [0.2, 0.25) is 0 Å². The molecule has 0 saturated heterocycles. The van der Waals surface area contributed by atoms with Gasteiger partial charge in [-0.15, -0.1) is 11.3 Å². The Kier molecular flexibility index (Phi) is 6.23. The van der Waals surface area contributed by atoms with Crippen LogP contribution in [0.1, 0.15) is 36.7 Å². The third-order valence-electron chi connectivity index (χ3n) is 4.93. The molecular weight excluding hydrogens is 400 g/mol. The third kappa shape index (κ3) is 4.94. The Morgan fingerprint density at radius 1 is 1.27 bits per heavy atom. The summed E-state index contributed by atoms with van der Waals surface area (Å²) in [6.45, 7) is 3.15. The molecule has 2 heterocycles. The van der Waals surface area contributed by atoms with Crippen LogP contribution in [0.15, 0.2) is 48.1 Å². The maximum Gasteiger partial charge on any atom is 0.307 e. The van der Waals surface area contributed by atoms with E-state index in [9.17, 15) is 9.59 Å². The van der Waals surface area contributed by atoms with Crippen LogP contribution in [0, 0.1) is 5.92 Å². The average Bonchev–Trinajstić information content (AvgIpc) is 3.24. The van der Waals surface area contributed by atoms with E-state index in [1.54, 1.807) is 28.1 Å². The van der Waals surface area contributed by atoms with Gasteiger partial charge in [0.15, 0.2) is 0 Å². The normalized spacial score (nSPS) is 13.2. The van der Waals surface area contributed by atoms with Gasteiger partial charge in [-0.1, -0.05) is 18.2 Å². The van der Waals surface area contributed by atoms with E-state index in [1.165, 1.54) is 11.3 Å². The van der Waals surface area contributed by atoms with Crippen LogP contribution in [0.3, 0.4) is 0 Å². The number of amides is 1. The van der Waals surface area contributed by atoms with E-state index in [0.717, 1.165) is 29.1 Å². The van der Waals surface area contributed by atoms with Crippen molar-refractivity contribution in [3.63, 3.8) is 0 Å². The summed E-state index contributed by atoms with van der Waals surface area (Å²) < 4.78 is 6.79. The molecule has 30 heavy (non-hydrogen) atoms. The minimum Gasteiger partial charge on any atom is -0.466 e. The molecule has 0 spiro atoms. The number of hydrogen-bond acceptors (Lipinski definition) is 6. The second-order valence-electron chi connectivity index (χ2n) is 7.30. The van der Waals surface area contributed by atoms with Gasteiger partial charge in [-0.3, -0.25) is 9.59 Å². The lowest BCUT2D eigenvalue weighted by Gasteiger charge is -2.21. The second-order valence-corrected chi connectivity index (χ2v) is 8.15. The van der Waals surface area contributed by atoms with Gasteiger partial charge >= 0.3 is 5.97 Å². The highest BCUT2D eigenvalue weighted by Crippen LogP contribution is 2.31. The number of esters is 1. The smallest absolute Gasteiger partial charge is 0.307 e. The van der Waals surface area contributed by atoms with Gasteiger partial charge in [0.1, 0.15) is 10.7 Å². The van der Waals surface area contributed by atoms with E-state index in [1.807, 2.05) is 36.5 Å². The Hall–Kier alpha value is -3.00. The number of thiazole rings is 1. The van der Waals surface area contributed by atoms with Gasteiger partial charge in [-0.05, 0) is 37.8 Å². The second kappa shape index (κ2) is 9.21. The van der Waals surface area contributed by atoms with E-state index in [0.29, 0.717) is 31.3 Å². The predicted octanol–water partition coefficient (Wildman–Crippen LogP) is 3.80. The lowest BCUT2D eigenvalue weighted by molar-refractivity contribution is -0.143. The summed E-state index contributed by atoms with van der Waals surface area (Å²) in [6.07, 6.45) is 6.12. The van der Waals surface area contributed by atoms with Crippen molar-refractivity contribution in [3.8, 4) is 16.3 Å². The van der Waals surface area contributed by atoms with Crippen LogP contribution in [0.5, 0.6) is 0 Å². The van der Waals surface area contributed by atoms with E-state index >= 15 is 0 Å². The number of carbonyl (C=O) groups is 2. The molecule has 156 valence electrons. The molecule has 8 heteroatoms. The molecule has 3 aromatic rings. The van der Waals surface area contributed by atoms with Crippen LogP contribution in [0.4, 0.5) is 0 Å². The van der Waals surface area contributed by atoms with Crippen molar-refractivity contribution in [3.05, 3.63) is 53.8 Å². The highest BCUT2D eigenvalue weighted by Gasteiger charge is 2.28. The lowest BCUT2D eigenvalue weighted by atomic mass is 10.3. The van der Waals surface area contributed by atoms with E-state index in [-0.39, 0.29) is 18.3 Å². The number of nitrogens with zero attached hydrogens (tertiary/aromatic N) is 4. The number of benzene rings is 1. The predicted molar refractivity (Wildman–Crippen MR) is 115 cm³/mol. The summed E-state index contributed by atoms with van der Waals surface area (Å²) in [6, 6.07) is 9.84. The summed E-state index contributed by atoms with van der Waals surface area (Å²) in [4.78, 5) is 31.1. The van der Waals surface area contributed by atoms with Crippen molar-refractivity contribution >= 4 is 23.2 Å². The van der Waals surface area contributed by atoms with Crippen LogP contribution in [-0.2, 0) is 9.53 Å². The molecule has 1 amide bonds. The van der Waals surface area contributed by atoms with E-state index in [2.05, 4.69) is 10.1 Å². The Bertz CT molecular complexity index is 1010. The molecule has 1 aromatic carbocycles. The Morgan fingerprint density at radius 3 is 2.80 bits per heavy atom. The van der Waals surface area contributed by atoms with Crippen molar-refractivity contribution in [1.82, 2.24) is 19.7 Å². The zero-order chi connectivity index (χ0) is 20.9. The van der Waals surface area contributed by atoms with E-state index < -0.39 is 0 Å². The van der Waals surface area contributed by atoms with Crippen LogP contribution in [0.25, 0.3) is 16.3 Å². The number of rotatable bonds is 9. The molecule has 1 saturated carbocycles. The molecule has 0 atom stereocenters. The SMILES string of the molecule is CCOC(=O)CCN(CC1CC1)C(=O)c1csc(-c2cnn(-c3ccccc3)c2)n1. The summed E-state index contributed by atoms with van der Waals surface area (Å²) in [5, 5.41) is 6.93. The zero-order valence-corrected chi connectivity index (χ0v) is 17.7. The molecule has 1 aliphatic carbocycles. The maximum atomic E-state index is 13.0. The van der Waals surface area contributed by atoms with Crippen LogP contribution < -0.4 is 0 Å². The molecular formula is C22H24N4O3S. The Labute approximate surface area is 179 Å². The molecule has 4 rings (SSSR count). The number of hydrogen-bond donors (Lipinski definition) is 0. The summed E-state index contributed by atoms with van der Waals surface area (Å²) in [7, 11) is 0. The monoisotopic (exact) mass is 424 g/mol. The fourth-order valence-electron chi connectivity index (χ4n) is 3.17. The highest BCUT2D eigenvalue weighted by atomic mass is 32.1. The number of ether oxygens (including phenoxy) is 1. The zero-order valence-electron chi connectivity index (χ0n) is 16.9. The van der Waals surface area contributed by atoms with Gasteiger partial charge in [-0.2, -0.15) is 5.10 Å². The standard InChI is InChI=1S/C22H24N4O3S/c1-2-29-20(27)10-11-25(13-16-8-9-16)22(28)19-15-30-21(24-19)17-12-23-26(14-17)18-6-4-3-5-7-18/h3-7,12,14-16H,2,8-11,13H2,1H3. The topological polar surface area (TPSA) is 77.3 Å². The third-order valence-corrected chi connectivity index (χ3v) is 5.82. The van der Waals surface area contributed by atoms with Crippen LogP contribution in [-0.4, -0.2) is 51.2 Å². The van der Waals surface area contributed by atoms with Crippen molar-refractivity contribution < 1.29 is 14.3 Å². The minimum atomic E-state index is -0.279. The van der Waals surface area contributed by atoms with Gasteiger partial charge in [-0.25, -0.2) is 9.67 Å². The van der Waals surface area contributed by atoms with Crippen LogP contribution >= 0.6 is 11.3 Å². The quantitative estimate of drug-likeness (QED) is 0.488. The first-order chi connectivity index (χ1) is 14.6. The van der Waals surface area contributed by atoms with E-state index in [4.69, 9.17) is 4.74 Å². The molecule has 0 radical (unpaired) electrons. The summed E-state index contributed by atoms with van der Waals surface area (Å²) in [5.41, 5.74) is 2.24. The van der Waals surface area contributed by atoms with Gasteiger partial charge in [0.2, 0.25) is 0 Å². The first kappa shape index (κ1) is 20.3. The number of para-hydroxylation sites is 1. The largest absolute Gasteiger partial charge is 0.466 e.